The van der Waals surface area contributed by atoms with E-state index in [0.29, 0.717) is 35.0 Å². The highest BCUT2D eigenvalue weighted by molar-refractivity contribution is 9.10. The average Bonchev–Trinajstić information content (AvgIpc) is 2.44. The quantitative estimate of drug-likeness (QED) is 0.563. The predicted octanol–water partition coefficient (Wildman–Crippen LogP) is 2.33. The van der Waals surface area contributed by atoms with Gasteiger partial charge in [0.25, 0.3) is 0 Å². The first-order valence-corrected chi connectivity index (χ1v) is 8.10. The molecule has 1 rings (SSSR count). The largest absolute Gasteiger partial charge is 0.490 e. The lowest BCUT2D eigenvalue weighted by Gasteiger charge is -2.16. The van der Waals surface area contributed by atoms with E-state index in [1.807, 2.05) is 20.8 Å². The van der Waals surface area contributed by atoms with Crippen molar-refractivity contribution in [2.24, 2.45) is 0 Å². The number of rotatable bonds is 8. The van der Waals surface area contributed by atoms with Crippen LogP contribution >= 0.6 is 15.9 Å². The van der Waals surface area contributed by atoms with Crippen molar-refractivity contribution in [3.63, 3.8) is 0 Å². The van der Waals surface area contributed by atoms with E-state index in [9.17, 15) is 9.90 Å². The molecule has 1 atom stereocenters. The molecule has 0 fully saturated rings. The van der Waals surface area contributed by atoms with Crippen molar-refractivity contribution >= 4 is 27.6 Å². The maximum absolute atomic E-state index is 11.4. The van der Waals surface area contributed by atoms with Gasteiger partial charge < -0.3 is 25.8 Å². The lowest BCUT2D eigenvalue weighted by atomic mass is 10.3. The number of aliphatic hydroxyl groups is 1. The summed E-state index contributed by atoms with van der Waals surface area (Å²) in [6, 6.07) is 5.31. The standard InChI is InChI=1S/C15H24BrN3O3/c1-4-17-15(21)19-11-5-6-14(13(16)7-11)22-9-12(20)8-18-10(2)3/h5-7,10,12,18,20H,4,8-9H2,1-3H3,(H2,17,19,21). The average molecular weight is 374 g/mol. The molecule has 1 unspecified atom stereocenters. The number of halogens is 1. The van der Waals surface area contributed by atoms with Gasteiger partial charge in [-0.3, -0.25) is 0 Å². The van der Waals surface area contributed by atoms with Crippen molar-refractivity contribution in [3.05, 3.63) is 22.7 Å². The molecule has 0 saturated heterocycles. The Labute approximate surface area is 139 Å². The van der Waals surface area contributed by atoms with Gasteiger partial charge >= 0.3 is 6.03 Å². The van der Waals surface area contributed by atoms with Gasteiger partial charge in [-0.25, -0.2) is 4.79 Å². The monoisotopic (exact) mass is 373 g/mol. The fourth-order valence-electron chi connectivity index (χ4n) is 1.65. The van der Waals surface area contributed by atoms with Gasteiger partial charge in [-0.2, -0.15) is 0 Å². The Hall–Kier alpha value is -1.31. The number of anilines is 1. The number of carbonyl (C=O) groups is 1. The summed E-state index contributed by atoms with van der Waals surface area (Å²) in [5, 5.41) is 18.3. The molecule has 0 bridgehead atoms. The number of urea groups is 1. The summed E-state index contributed by atoms with van der Waals surface area (Å²) < 4.78 is 6.29. The summed E-state index contributed by atoms with van der Waals surface area (Å²) in [4.78, 5) is 11.4. The Morgan fingerprint density at radius 3 is 2.73 bits per heavy atom. The van der Waals surface area contributed by atoms with Crippen LogP contribution in [0.25, 0.3) is 0 Å². The third-order valence-electron chi connectivity index (χ3n) is 2.72. The van der Waals surface area contributed by atoms with E-state index in [4.69, 9.17) is 4.74 Å². The lowest BCUT2D eigenvalue weighted by molar-refractivity contribution is 0.104. The van der Waals surface area contributed by atoms with Crippen molar-refractivity contribution in [3.8, 4) is 5.75 Å². The molecule has 0 saturated carbocycles. The molecule has 2 amide bonds. The molecular formula is C15H24BrN3O3. The fraction of sp³-hybridized carbons (Fsp3) is 0.533. The van der Waals surface area contributed by atoms with Crippen LogP contribution in [-0.4, -0.2) is 43.0 Å². The van der Waals surface area contributed by atoms with Crippen LogP contribution in [0.3, 0.4) is 0 Å². The molecule has 0 heterocycles. The molecule has 0 aliphatic heterocycles. The van der Waals surface area contributed by atoms with Gasteiger partial charge in [-0.15, -0.1) is 0 Å². The SMILES string of the molecule is CCNC(=O)Nc1ccc(OCC(O)CNC(C)C)c(Br)c1. The first-order chi connectivity index (χ1) is 10.4. The second-order valence-electron chi connectivity index (χ2n) is 5.16. The molecule has 7 heteroatoms. The Balaban J connectivity index is 2.50. The van der Waals surface area contributed by atoms with Crippen LogP contribution in [0.5, 0.6) is 5.75 Å². The minimum absolute atomic E-state index is 0.196. The second-order valence-corrected chi connectivity index (χ2v) is 6.01. The molecule has 1 aromatic rings. The number of hydrogen-bond donors (Lipinski definition) is 4. The molecule has 22 heavy (non-hydrogen) atoms. The van der Waals surface area contributed by atoms with Gasteiger partial charge in [0, 0.05) is 24.8 Å². The molecule has 0 aliphatic carbocycles. The van der Waals surface area contributed by atoms with Gasteiger partial charge in [0.2, 0.25) is 0 Å². The highest BCUT2D eigenvalue weighted by Gasteiger charge is 2.09. The van der Waals surface area contributed by atoms with Crippen LogP contribution in [0, 0.1) is 0 Å². The number of hydrogen-bond acceptors (Lipinski definition) is 4. The van der Waals surface area contributed by atoms with E-state index >= 15 is 0 Å². The van der Waals surface area contributed by atoms with Crippen LogP contribution < -0.4 is 20.7 Å². The van der Waals surface area contributed by atoms with Crippen LogP contribution in [0.4, 0.5) is 10.5 Å². The van der Waals surface area contributed by atoms with Gasteiger partial charge in [0.1, 0.15) is 18.5 Å². The van der Waals surface area contributed by atoms with Gasteiger partial charge in [0.15, 0.2) is 0 Å². The molecule has 4 N–H and O–H groups in total. The maximum Gasteiger partial charge on any atom is 0.319 e. The highest BCUT2D eigenvalue weighted by Crippen LogP contribution is 2.28. The molecule has 0 spiro atoms. The van der Waals surface area contributed by atoms with E-state index in [1.165, 1.54) is 0 Å². The van der Waals surface area contributed by atoms with Crippen molar-refractivity contribution in [2.45, 2.75) is 32.9 Å². The number of carbonyl (C=O) groups excluding carboxylic acids is 1. The van der Waals surface area contributed by atoms with Crippen molar-refractivity contribution in [1.29, 1.82) is 0 Å². The summed E-state index contributed by atoms with van der Waals surface area (Å²) in [7, 11) is 0. The zero-order chi connectivity index (χ0) is 16.5. The highest BCUT2D eigenvalue weighted by atomic mass is 79.9. The van der Waals surface area contributed by atoms with Gasteiger partial charge in [-0.05, 0) is 41.1 Å². The molecular weight excluding hydrogens is 350 g/mol. The maximum atomic E-state index is 11.4. The summed E-state index contributed by atoms with van der Waals surface area (Å²) in [5.41, 5.74) is 0.659. The zero-order valence-corrected chi connectivity index (χ0v) is 14.7. The summed E-state index contributed by atoms with van der Waals surface area (Å²) in [5.74, 6) is 0.616. The Morgan fingerprint density at radius 2 is 2.14 bits per heavy atom. The Kier molecular flexibility index (Phi) is 8.22. The van der Waals surface area contributed by atoms with Gasteiger partial charge in [-0.1, -0.05) is 13.8 Å². The normalized spacial score (nSPS) is 12.1. The topological polar surface area (TPSA) is 82.6 Å². The number of aliphatic hydroxyl groups excluding tert-OH is 1. The predicted molar refractivity (Wildman–Crippen MR) is 91.5 cm³/mol. The summed E-state index contributed by atoms with van der Waals surface area (Å²) >= 11 is 3.39. The second kappa shape index (κ2) is 9.66. The van der Waals surface area contributed by atoms with Crippen molar-refractivity contribution < 1.29 is 14.6 Å². The number of nitrogens with one attached hydrogen (secondary N) is 3. The molecule has 124 valence electrons. The lowest BCUT2D eigenvalue weighted by Crippen LogP contribution is -2.35. The molecule has 0 aromatic heterocycles. The molecule has 0 aliphatic rings. The first kappa shape index (κ1) is 18.7. The zero-order valence-electron chi connectivity index (χ0n) is 13.1. The molecule has 0 radical (unpaired) electrons. The van der Waals surface area contributed by atoms with E-state index < -0.39 is 6.10 Å². The number of amides is 2. The van der Waals surface area contributed by atoms with Crippen molar-refractivity contribution in [1.82, 2.24) is 10.6 Å². The third kappa shape index (κ3) is 7.11. The molecule has 1 aromatic carbocycles. The fourth-order valence-corrected chi connectivity index (χ4v) is 2.14. The van der Waals surface area contributed by atoms with Gasteiger partial charge in [0.05, 0.1) is 4.47 Å². The number of benzene rings is 1. The smallest absolute Gasteiger partial charge is 0.319 e. The van der Waals surface area contributed by atoms with Crippen LogP contribution in [0.2, 0.25) is 0 Å². The van der Waals surface area contributed by atoms with E-state index in [-0.39, 0.29) is 12.6 Å². The Morgan fingerprint density at radius 1 is 1.41 bits per heavy atom. The van der Waals surface area contributed by atoms with E-state index in [0.717, 1.165) is 0 Å². The van der Waals surface area contributed by atoms with Crippen LogP contribution in [0.1, 0.15) is 20.8 Å². The number of ether oxygens (including phenoxy) is 1. The summed E-state index contributed by atoms with van der Waals surface area (Å²) in [6.45, 7) is 7.13. The van der Waals surface area contributed by atoms with Crippen LogP contribution in [-0.2, 0) is 0 Å². The molecule has 6 nitrogen and oxygen atoms in total. The first-order valence-electron chi connectivity index (χ1n) is 7.31. The minimum Gasteiger partial charge on any atom is -0.490 e. The van der Waals surface area contributed by atoms with E-state index in [2.05, 4.69) is 31.9 Å². The van der Waals surface area contributed by atoms with E-state index in [1.54, 1.807) is 18.2 Å². The van der Waals surface area contributed by atoms with Crippen LogP contribution in [0.15, 0.2) is 22.7 Å². The summed E-state index contributed by atoms with van der Waals surface area (Å²) in [6.07, 6.45) is -0.581. The Bertz CT molecular complexity index is 483. The minimum atomic E-state index is -0.581. The van der Waals surface area contributed by atoms with Crippen molar-refractivity contribution in [2.75, 3.05) is 25.0 Å². The third-order valence-corrected chi connectivity index (χ3v) is 3.34.